The average Bonchev–Trinajstić information content (AvgIpc) is 2.81. The van der Waals surface area contributed by atoms with Gasteiger partial charge in [0, 0.05) is 23.8 Å². The van der Waals surface area contributed by atoms with Crippen molar-refractivity contribution < 1.29 is 46.0 Å². The quantitative estimate of drug-likeness (QED) is 0.256. The monoisotopic (exact) mass is 577 g/mol. The lowest BCUT2D eigenvalue weighted by molar-refractivity contribution is -0.119. The number of hydrogen-bond acceptors (Lipinski definition) is 7. The number of hydrogen-bond donors (Lipinski definition) is 5. The van der Waals surface area contributed by atoms with Crippen molar-refractivity contribution in [3.63, 3.8) is 0 Å². The maximum Gasteiger partial charge on any atom is 0.335 e. The van der Waals surface area contributed by atoms with Crippen LogP contribution in [0.1, 0.15) is 53.7 Å². The molecule has 0 heterocycles. The fourth-order valence-corrected chi connectivity index (χ4v) is 6.48. The molecule has 0 aromatic heterocycles. The fraction of sp³-hybridized carbons (Fsp3) is 0.269. The highest BCUT2D eigenvalue weighted by atomic mass is 32.2. The maximum absolute atomic E-state index is 12.2. The minimum absolute atomic E-state index is 0.00167. The van der Waals surface area contributed by atoms with Crippen molar-refractivity contribution in [2.24, 2.45) is 11.8 Å². The number of ketones is 1. The van der Waals surface area contributed by atoms with E-state index in [0.29, 0.717) is 5.56 Å². The summed E-state index contributed by atoms with van der Waals surface area (Å²) in [5, 5.41) is 15.6. The molecule has 2 unspecified atom stereocenters. The summed E-state index contributed by atoms with van der Waals surface area (Å²) in [6.45, 7) is 5.38. The lowest BCUT2D eigenvalue weighted by Crippen LogP contribution is -2.44. The van der Waals surface area contributed by atoms with E-state index < -0.39 is 47.8 Å². The normalized spacial score (nSPS) is 18.7. The first-order valence-corrected chi connectivity index (χ1v) is 14.6. The number of allylic oxidation sites excluding steroid dienone is 4. The number of carboxylic acid groups (broad SMARTS) is 1. The van der Waals surface area contributed by atoms with Gasteiger partial charge in [-0.1, -0.05) is 44.2 Å². The largest absolute Gasteiger partial charge is 0.478 e. The highest BCUT2D eigenvalue weighted by Gasteiger charge is 2.43. The summed E-state index contributed by atoms with van der Waals surface area (Å²) in [5.41, 5.74) is 5.93. The van der Waals surface area contributed by atoms with E-state index in [1.807, 2.05) is 13.8 Å². The molecule has 0 bridgehead atoms. The molecule has 0 saturated heterocycles. The minimum Gasteiger partial charge on any atom is -0.478 e. The van der Waals surface area contributed by atoms with E-state index >= 15 is 0 Å². The van der Waals surface area contributed by atoms with Crippen LogP contribution in [0.15, 0.2) is 63.9 Å². The first-order chi connectivity index (χ1) is 18.0. The number of nitrogen functional groups attached to an aromatic ring is 1. The Labute approximate surface area is 226 Å². The molecule has 2 atom stereocenters. The van der Waals surface area contributed by atoms with Crippen molar-refractivity contribution in [3.05, 3.63) is 81.3 Å². The molecule has 2 aromatic rings. The summed E-state index contributed by atoms with van der Waals surface area (Å²) < 4.78 is 68.6. The third-order valence-corrected chi connectivity index (χ3v) is 8.69. The third-order valence-electron chi connectivity index (χ3n) is 6.68. The number of carbonyl (C=O) groups is 2. The van der Waals surface area contributed by atoms with Gasteiger partial charge in [0.1, 0.15) is 10.7 Å². The van der Waals surface area contributed by atoms with Gasteiger partial charge in [0.05, 0.1) is 11.3 Å². The molecule has 0 spiro atoms. The second-order valence-electron chi connectivity index (χ2n) is 9.51. The number of carbonyl (C=O) groups excluding carboxylic acids is 1. The zero-order valence-corrected chi connectivity index (χ0v) is 23.0. The molecule has 11 nitrogen and oxygen atoms in total. The van der Waals surface area contributed by atoms with Crippen LogP contribution < -0.4 is 11.1 Å². The molecule has 4 rings (SSSR count). The minimum atomic E-state index is -4.84. The molecule has 0 amide bonds. The predicted molar refractivity (Wildman–Crippen MR) is 143 cm³/mol. The summed E-state index contributed by atoms with van der Waals surface area (Å²) in [4.78, 5) is 20.9. The number of benzene rings is 2. The number of fused-ring (bicyclic) bond motifs is 2. The SMILES string of the molecule is CC(=O)C(C)C.Nc1ccc2c(c1S(=O)(=O)O)CC1=C(S(=O)(=O)O)C(=[NH2+])C=CC1C2c1ccccc1C(=O)O. The molecule has 0 aliphatic heterocycles. The smallest absolute Gasteiger partial charge is 0.335 e. The zero-order chi connectivity index (χ0) is 29.4. The Hall–Kier alpha value is -3.65. The standard InChI is InChI=1S/C21H18N2O8S2.C5H10O/c22-16-7-5-11-14(19(16)32(26,27)28)9-15-12(6-8-17(23)20(15)33(29,30)31)18(11)10-3-1-2-4-13(10)21(24)25;1-4(2)5(3)6/h1-8,11,18,22H,9,23H2,(H,24,25)(H,26,27,28)(H,29,30,31);4H,1-3H3/p+1. The van der Waals surface area contributed by atoms with Gasteiger partial charge in [-0.3, -0.25) is 19.3 Å². The van der Waals surface area contributed by atoms with Gasteiger partial charge in [0.15, 0.2) is 4.91 Å². The summed E-state index contributed by atoms with van der Waals surface area (Å²) in [7, 11) is -9.67. The number of Topliss-reactive ketones (excluding diaryl/α,β-unsaturated/α-hetero) is 1. The molecule has 2 aromatic carbocycles. The Balaban J connectivity index is 0.000000631. The van der Waals surface area contributed by atoms with E-state index in [9.17, 15) is 40.6 Å². The van der Waals surface area contributed by atoms with E-state index in [-0.39, 0.29) is 51.8 Å². The molecule has 0 saturated carbocycles. The highest BCUT2D eigenvalue weighted by Crippen LogP contribution is 2.50. The summed E-state index contributed by atoms with van der Waals surface area (Å²) in [6.07, 6.45) is 2.57. The zero-order valence-electron chi connectivity index (χ0n) is 21.3. The van der Waals surface area contributed by atoms with E-state index in [1.165, 1.54) is 36.4 Å². The average molecular weight is 578 g/mol. The van der Waals surface area contributed by atoms with E-state index in [0.717, 1.165) is 0 Å². The van der Waals surface area contributed by atoms with Crippen LogP contribution in [0, 0.1) is 11.8 Å². The van der Waals surface area contributed by atoms with Crippen LogP contribution in [-0.4, -0.2) is 48.5 Å². The summed E-state index contributed by atoms with van der Waals surface area (Å²) in [5.74, 6) is -2.42. The van der Waals surface area contributed by atoms with Crippen molar-refractivity contribution in [3.8, 4) is 0 Å². The second kappa shape index (κ2) is 10.8. The Morgan fingerprint density at radius 1 is 1.00 bits per heavy atom. The Morgan fingerprint density at radius 2 is 1.59 bits per heavy atom. The number of carboxylic acids is 1. The lowest BCUT2D eigenvalue weighted by Gasteiger charge is -2.37. The Morgan fingerprint density at radius 3 is 2.10 bits per heavy atom. The number of aromatic carboxylic acids is 1. The third kappa shape index (κ3) is 6.01. The number of nitrogens with two attached hydrogens (primary N) is 2. The Bertz CT molecular complexity index is 1650. The fourth-order valence-electron chi connectivity index (χ4n) is 4.71. The van der Waals surface area contributed by atoms with Crippen molar-refractivity contribution in [1.29, 1.82) is 0 Å². The van der Waals surface area contributed by atoms with Crippen molar-refractivity contribution in [2.45, 2.75) is 38.0 Å². The van der Waals surface area contributed by atoms with Crippen LogP contribution in [0.3, 0.4) is 0 Å². The van der Waals surface area contributed by atoms with Gasteiger partial charge in [-0.15, -0.1) is 0 Å². The van der Waals surface area contributed by atoms with Crippen LogP contribution in [0.5, 0.6) is 0 Å². The van der Waals surface area contributed by atoms with Crippen LogP contribution in [-0.2, 0) is 31.5 Å². The van der Waals surface area contributed by atoms with Gasteiger partial charge in [0.25, 0.3) is 10.1 Å². The molecular formula is C26H29N2O9S2+. The number of rotatable bonds is 5. The van der Waals surface area contributed by atoms with Crippen molar-refractivity contribution >= 4 is 43.4 Å². The molecular weight excluding hydrogens is 548 g/mol. The van der Waals surface area contributed by atoms with Gasteiger partial charge in [0.2, 0.25) is 5.71 Å². The van der Waals surface area contributed by atoms with Crippen molar-refractivity contribution in [1.82, 2.24) is 0 Å². The summed E-state index contributed by atoms with van der Waals surface area (Å²) >= 11 is 0. The van der Waals surface area contributed by atoms with Crippen LogP contribution in [0.25, 0.3) is 0 Å². The molecule has 2 aliphatic rings. The molecule has 0 radical (unpaired) electrons. The van der Waals surface area contributed by atoms with E-state index in [1.54, 1.807) is 19.1 Å². The molecule has 13 heteroatoms. The van der Waals surface area contributed by atoms with E-state index in [2.05, 4.69) is 0 Å². The van der Waals surface area contributed by atoms with Gasteiger partial charge in [-0.25, -0.2) is 4.79 Å². The highest BCUT2D eigenvalue weighted by molar-refractivity contribution is 7.91. The Kier molecular flexibility index (Phi) is 8.32. The first kappa shape index (κ1) is 29.9. The van der Waals surface area contributed by atoms with E-state index in [4.69, 9.17) is 11.1 Å². The maximum atomic E-state index is 12.2. The first-order valence-electron chi connectivity index (χ1n) is 11.7. The van der Waals surface area contributed by atoms with Crippen molar-refractivity contribution in [2.75, 3.05) is 5.73 Å². The molecule has 2 aliphatic carbocycles. The molecule has 0 fully saturated rings. The van der Waals surface area contributed by atoms with Crippen LogP contribution in [0.4, 0.5) is 5.69 Å². The molecule has 7 N–H and O–H groups in total. The van der Waals surface area contributed by atoms with Gasteiger partial charge < -0.3 is 10.8 Å². The van der Waals surface area contributed by atoms with Crippen LogP contribution >= 0.6 is 0 Å². The van der Waals surface area contributed by atoms with Gasteiger partial charge in [-0.2, -0.15) is 16.8 Å². The molecule has 39 heavy (non-hydrogen) atoms. The predicted octanol–water partition coefficient (Wildman–Crippen LogP) is 1.66. The van der Waals surface area contributed by atoms with Crippen LogP contribution in [0.2, 0.25) is 0 Å². The van der Waals surface area contributed by atoms with Gasteiger partial charge in [-0.05, 0) is 47.7 Å². The number of anilines is 1. The second-order valence-corrected chi connectivity index (χ2v) is 12.2. The van der Waals surface area contributed by atoms with Gasteiger partial charge >= 0.3 is 16.1 Å². The lowest BCUT2D eigenvalue weighted by atomic mass is 9.67. The molecule has 208 valence electrons. The summed E-state index contributed by atoms with van der Waals surface area (Å²) in [6, 6.07) is 8.81. The topological polar surface area (TPSA) is 215 Å².